The number of rotatable bonds is 9. The van der Waals surface area contributed by atoms with Gasteiger partial charge in [0.15, 0.2) is 11.5 Å². The Hall–Kier alpha value is -3.99. The highest BCUT2D eigenvalue weighted by atomic mass is 16.6. The van der Waals surface area contributed by atoms with Crippen molar-refractivity contribution in [3.05, 3.63) is 57.1 Å². The number of likely N-dealkylation sites (N-methyl/N-ethyl adjacent to an activating group) is 1. The molecular weight excluding hydrogens is 472 g/mol. The zero-order valence-electron chi connectivity index (χ0n) is 20.7. The maximum absolute atomic E-state index is 13.2. The molecule has 2 aromatic rings. The van der Waals surface area contributed by atoms with Gasteiger partial charge < -0.3 is 18.9 Å². The van der Waals surface area contributed by atoms with Crippen molar-refractivity contribution in [2.24, 2.45) is 0 Å². The lowest BCUT2D eigenvalue weighted by Gasteiger charge is -2.28. The van der Waals surface area contributed by atoms with Gasteiger partial charge in [0.1, 0.15) is 23.7 Å². The van der Waals surface area contributed by atoms with Crippen LogP contribution in [0.2, 0.25) is 0 Å². The summed E-state index contributed by atoms with van der Waals surface area (Å²) in [5.41, 5.74) is 0.140. The third kappa shape index (κ3) is 5.46. The summed E-state index contributed by atoms with van der Waals surface area (Å²) in [6.45, 7) is 3.37. The molecule has 1 fully saturated rings. The first-order valence-electron chi connectivity index (χ1n) is 11.2. The number of ether oxygens (including phenoxy) is 4. The Morgan fingerprint density at radius 1 is 1.11 bits per heavy atom. The van der Waals surface area contributed by atoms with Gasteiger partial charge in [-0.1, -0.05) is 6.07 Å². The molecule has 0 N–H and O–H groups in total. The van der Waals surface area contributed by atoms with Crippen molar-refractivity contribution < 1.29 is 38.3 Å². The number of esters is 2. The summed E-state index contributed by atoms with van der Waals surface area (Å²) in [6.07, 6.45) is 0.601. The Kier molecular flexibility index (Phi) is 8.25. The summed E-state index contributed by atoms with van der Waals surface area (Å²) >= 11 is 0. The van der Waals surface area contributed by atoms with Crippen LogP contribution in [0, 0.1) is 10.1 Å². The number of hydrogen-bond donors (Lipinski definition) is 0. The summed E-state index contributed by atoms with van der Waals surface area (Å²) in [5.74, 6) is -1.65. The van der Waals surface area contributed by atoms with Crippen molar-refractivity contribution in [3.63, 3.8) is 0 Å². The number of nitro groups is 1. The Morgan fingerprint density at radius 2 is 1.81 bits per heavy atom. The molecule has 0 spiro atoms. The van der Waals surface area contributed by atoms with Crippen LogP contribution in [-0.4, -0.2) is 68.0 Å². The first-order chi connectivity index (χ1) is 17.1. The van der Waals surface area contributed by atoms with E-state index < -0.39 is 22.6 Å². The number of ketones is 1. The molecule has 2 atom stereocenters. The van der Waals surface area contributed by atoms with Gasteiger partial charge in [0.25, 0.3) is 5.69 Å². The number of nitrogens with zero attached hydrogens (tertiary/aromatic N) is 2. The van der Waals surface area contributed by atoms with Crippen molar-refractivity contribution in [2.75, 3.05) is 34.4 Å². The quantitative estimate of drug-likeness (QED) is 0.166. The SMILES string of the molecule is COc1cc(OC)c([C@H]2CCN(C)[C@@H]2COC(C)=O)c(OC(=O)c2cccc([N+](=O)[O-])c2)c1C(C)=O. The number of benzene rings is 2. The summed E-state index contributed by atoms with van der Waals surface area (Å²) in [4.78, 5) is 50.0. The topological polar surface area (TPSA) is 135 Å². The second-order valence-corrected chi connectivity index (χ2v) is 8.40. The molecule has 192 valence electrons. The second kappa shape index (κ2) is 11.2. The highest BCUT2D eigenvalue weighted by Gasteiger charge is 2.40. The first-order valence-corrected chi connectivity index (χ1v) is 11.2. The van der Waals surface area contributed by atoms with Crippen LogP contribution < -0.4 is 14.2 Å². The lowest BCUT2D eigenvalue weighted by Crippen LogP contribution is -2.34. The van der Waals surface area contributed by atoms with E-state index in [1.54, 1.807) is 6.07 Å². The molecule has 1 aliphatic heterocycles. The van der Waals surface area contributed by atoms with E-state index in [4.69, 9.17) is 18.9 Å². The number of carbonyl (C=O) groups excluding carboxylic acids is 3. The van der Waals surface area contributed by atoms with Crippen molar-refractivity contribution in [3.8, 4) is 17.2 Å². The fraction of sp³-hybridized carbons (Fsp3) is 0.400. The fourth-order valence-corrected chi connectivity index (χ4v) is 4.44. The molecule has 1 saturated heterocycles. The minimum absolute atomic E-state index is 0.0351. The Labute approximate surface area is 208 Å². The predicted molar refractivity (Wildman–Crippen MR) is 128 cm³/mol. The molecule has 0 amide bonds. The number of methoxy groups -OCH3 is 2. The van der Waals surface area contributed by atoms with Crippen LogP contribution in [-0.2, 0) is 9.53 Å². The maximum atomic E-state index is 13.2. The minimum atomic E-state index is -0.888. The van der Waals surface area contributed by atoms with Crippen molar-refractivity contribution in [1.29, 1.82) is 0 Å². The number of Topliss-reactive ketones (excluding diaryl/α,β-unsaturated/α-hetero) is 1. The van der Waals surface area contributed by atoms with Crippen LogP contribution in [0.4, 0.5) is 5.69 Å². The first kappa shape index (κ1) is 26.6. The van der Waals surface area contributed by atoms with Crippen LogP contribution >= 0.6 is 0 Å². The van der Waals surface area contributed by atoms with E-state index in [-0.39, 0.29) is 46.9 Å². The van der Waals surface area contributed by atoms with Gasteiger partial charge >= 0.3 is 11.9 Å². The number of nitro benzene ring substituents is 1. The molecule has 1 heterocycles. The van der Waals surface area contributed by atoms with E-state index in [9.17, 15) is 24.5 Å². The molecule has 0 unspecified atom stereocenters. The van der Waals surface area contributed by atoms with Gasteiger partial charge in [0, 0.05) is 36.6 Å². The standard InChI is InChI=1S/C25H28N2O9/c1-14(28)22-20(33-4)12-21(34-5)23(18-9-10-26(3)19(18)13-35-15(2)29)24(22)36-25(30)16-7-6-8-17(11-16)27(31)32/h6-8,11-12,18-19H,9-10,13H2,1-5H3/t18-,19+/m0/s1. The number of likely N-dealkylation sites (tertiary alicyclic amines) is 1. The lowest BCUT2D eigenvalue weighted by atomic mass is 9.87. The normalized spacial score (nSPS) is 17.4. The second-order valence-electron chi connectivity index (χ2n) is 8.40. The van der Waals surface area contributed by atoms with Gasteiger partial charge in [-0.2, -0.15) is 0 Å². The molecule has 11 nitrogen and oxygen atoms in total. The predicted octanol–water partition coefficient (Wildman–Crippen LogP) is 3.38. The smallest absolute Gasteiger partial charge is 0.343 e. The van der Waals surface area contributed by atoms with Gasteiger partial charge in [-0.3, -0.25) is 24.6 Å². The maximum Gasteiger partial charge on any atom is 0.343 e. The van der Waals surface area contributed by atoms with E-state index in [2.05, 4.69) is 0 Å². The van der Waals surface area contributed by atoms with Crippen molar-refractivity contribution >= 4 is 23.4 Å². The van der Waals surface area contributed by atoms with Gasteiger partial charge in [0.2, 0.25) is 0 Å². The largest absolute Gasteiger partial charge is 0.496 e. The molecule has 0 aromatic heterocycles. The number of non-ortho nitro benzene ring substituents is 1. The van der Waals surface area contributed by atoms with Gasteiger partial charge in [0.05, 0.1) is 30.7 Å². The van der Waals surface area contributed by atoms with E-state index in [0.717, 1.165) is 6.07 Å². The van der Waals surface area contributed by atoms with Crippen LogP contribution in [0.5, 0.6) is 17.2 Å². The zero-order chi connectivity index (χ0) is 26.6. The molecular formula is C25H28N2O9. The Balaban J connectivity index is 2.19. The number of hydrogen-bond acceptors (Lipinski definition) is 10. The molecule has 0 radical (unpaired) electrons. The average Bonchev–Trinajstić information content (AvgIpc) is 3.21. The summed E-state index contributed by atoms with van der Waals surface area (Å²) in [5, 5.41) is 11.2. The van der Waals surface area contributed by atoms with Crippen LogP contribution in [0.25, 0.3) is 0 Å². The minimum Gasteiger partial charge on any atom is -0.496 e. The van der Waals surface area contributed by atoms with Crippen LogP contribution in [0.15, 0.2) is 30.3 Å². The molecule has 1 aliphatic rings. The Bertz CT molecular complexity index is 1190. The molecule has 3 rings (SSSR count). The van der Waals surface area contributed by atoms with Gasteiger partial charge in [-0.25, -0.2) is 4.79 Å². The lowest BCUT2D eigenvalue weighted by molar-refractivity contribution is -0.384. The highest BCUT2D eigenvalue weighted by molar-refractivity contribution is 6.02. The van der Waals surface area contributed by atoms with Gasteiger partial charge in [-0.05, 0) is 33.0 Å². The summed E-state index contributed by atoms with van der Waals surface area (Å²) in [7, 11) is 4.70. The van der Waals surface area contributed by atoms with E-state index >= 15 is 0 Å². The molecule has 0 aliphatic carbocycles. The van der Waals surface area contributed by atoms with E-state index in [1.165, 1.54) is 46.3 Å². The third-order valence-corrected chi connectivity index (χ3v) is 6.18. The summed E-state index contributed by atoms with van der Waals surface area (Å²) in [6, 6.07) is 6.37. The monoisotopic (exact) mass is 500 g/mol. The van der Waals surface area contributed by atoms with Gasteiger partial charge in [-0.15, -0.1) is 0 Å². The molecule has 36 heavy (non-hydrogen) atoms. The highest BCUT2D eigenvalue weighted by Crippen LogP contribution is 2.48. The van der Waals surface area contributed by atoms with Crippen LogP contribution in [0.1, 0.15) is 52.5 Å². The molecule has 2 aromatic carbocycles. The van der Waals surface area contributed by atoms with Crippen molar-refractivity contribution in [1.82, 2.24) is 4.90 Å². The van der Waals surface area contributed by atoms with Crippen molar-refractivity contribution in [2.45, 2.75) is 32.2 Å². The van der Waals surface area contributed by atoms with Crippen LogP contribution in [0.3, 0.4) is 0 Å². The fourth-order valence-electron chi connectivity index (χ4n) is 4.44. The molecule has 11 heteroatoms. The summed E-state index contributed by atoms with van der Waals surface area (Å²) < 4.78 is 22.1. The third-order valence-electron chi connectivity index (χ3n) is 6.18. The Morgan fingerprint density at radius 3 is 2.39 bits per heavy atom. The zero-order valence-corrected chi connectivity index (χ0v) is 20.7. The van der Waals surface area contributed by atoms with E-state index in [0.29, 0.717) is 24.3 Å². The average molecular weight is 501 g/mol. The van der Waals surface area contributed by atoms with E-state index in [1.807, 2.05) is 11.9 Å². The molecule has 0 bridgehead atoms. The number of carbonyl (C=O) groups is 3. The molecule has 0 saturated carbocycles.